The summed E-state index contributed by atoms with van der Waals surface area (Å²) in [5.41, 5.74) is 0. The monoisotopic (exact) mass is 200 g/mol. The van der Waals surface area contributed by atoms with Gasteiger partial charge in [-0.2, -0.15) is 0 Å². The van der Waals surface area contributed by atoms with Gasteiger partial charge in [-0.25, -0.2) is 0 Å². The third-order valence-electron chi connectivity index (χ3n) is 2.85. The number of hydrogen-bond donors (Lipinski definition) is 1. The first kappa shape index (κ1) is 11.5. The maximum atomic E-state index is 11.2. The summed E-state index contributed by atoms with van der Waals surface area (Å²) < 4.78 is 4.77. The molecule has 4 heteroatoms. The third kappa shape index (κ3) is 3.27. The van der Waals surface area contributed by atoms with Crippen LogP contribution in [0.2, 0.25) is 0 Å². The summed E-state index contributed by atoms with van der Waals surface area (Å²) >= 11 is 0. The Kier molecular flexibility index (Phi) is 4.35. The molecule has 2 unspecified atom stereocenters. The zero-order chi connectivity index (χ0) is 10.6. The first-order valence-electron chi connectivity index (χ1n) is 5.12. The van der Waals surface area contributed by atoms with Crippen molar-refractivity contribution >= 4 is 5.91 Å². The predicted octanol–water partition coefficient (Wildman–Crippen LogP) is 0.232. The van der Waals surface area contributed by atoms with Crippen molar-refractivity contribution in [3.63, 3.8) is 0 Å². The molecule has 2 atom stereocenters. The van der Waals surface area contributed by atoms with E-state index in [4.69, 9.17) is 4.74 Å². The normalized spacial score (nSPS) is 28.8. The number of nitrogens with zero attached hydrogens (tertiary/aromatic N) is 1. The fraction of sp³-hybridized carbons (Fsp3) is 0.900. The van der Waals surface area contributed by atoms with Gasteiger partial charge in [0.1, 0.15) is 6.61 Å². The van der Waals surface area contributed by atoms with Crippen molar-refractivity contribution in [3.8, 4) is 0 Å². The van der Waals surface area contributed by atoms with Crippen molar-refractivity contribution in [3.05, 3.63) is 0 Å². The van der Waals surface area contributed by atoms with Gasteiger partial charge in [0, 0.05) is 25.7 Å². The Bertz CT molecular complexity index is 197. The van der Waals surface area contributed by atoms with Crippen LogP contribution in [-0.2, 0) is 9.53 Å². The second-order valence-corrected chi connectivity index (χ2v) is 4.05. The molecule has 0 spiro atoms. The summed E-state index contributed by atoms with van der Waals surface area (Å²) in [6, 6.07) is 0.875. The van der Waals surface area contributed by atoms with Gasteiger partial charge in [-0.15, -0.1) is 0 Å². The van der Waals surface area contributed by atoms with E-state index in [0.29, 0.717) is 12.1 Å². The molecule has 0 radical (unpaired) electrons. The van der Waals surface area contributed by atoms with E-state index in [-0.39, 0.29) is 12.5 Å². The molecule has 0 aromatic carbocycles. The second kappa shape index (κ2) is 5.32. The molecule has 1 amide bonds. The summed E-state index contributed by atoms with van der Waals surface area (Å²) in [5, 5.41) is 2.98. The van der Waals surface area contributed by atoms with E-state index in [9.17, 15) is 4.79 Å². The summed E-state index contributed by atoms with van der Waals surface area (Å²) in [6.07, 6.45) is 2.07. The first-order valence-corrected chi connectivity index (χ1v) is 5.12. The molecule has 1 aliphatic heterocycles. The molecule has 0 aliphatic carbocycles. The number of methoxy groups -OCH3 is 1. The largest absolute Gasteiger partial charge is 0.375 e. The minimum absolute atomic E-state index is 0.00532. The van der Waals surface area contributed by atoms with E-state index < -0.39 is 0 Å². The van der Waals surface area contributed by atoms with Gasteiger partial charge in [0.25, 0.3) is 0 Å². The standard InChI is InChI=1S/C10H20N2O2/c1-8-6-9(4-5-12(8)2)11-10(13)7-14-3/h8-9H,4-7H2,1-3H3,(H,11,13). The van der Waals surface area contributed by atoms with Crippen LogP contribution in [0.3, 0.4) is 0 Å². The summed E-state index contributed by atoms with van der Waals surface area (Å²) in [6.45, 7) is 3.41. The fourth-order valence-corrected chi connectivity index (χ4v) is 1.82. The molecular formula is C10H20N2O2. The smallest absolute Gasteiger partial charge is 0.246 e. The van der Waals surface area contributed by atoms with E-state index in [1.165, 1.54) is 7.11 Å². The Hall–Kier alpha value is -0.610. The van der Waals surface area contributed by atoms with Gasteiger partial charge < -0.3 is 15.0 Å². The maximum Gasteiger partial charge on any atom is 0.246 e. The minimum atomic E-state index is -0.00532. The molecule has 1 rings (SSSR count). The highest BCUT2D eigenvalue weighted by Crippen LogP contribution is 2.14. The van der Waals surface area contributed by atoms with Gasteiger partial charge in [-0.05, 0) is 26.8 Å². The number of hydrogen-bond acceptors (Lipinski definition) is 3. The lowest BCUT2D eigenvalue weighted by molar-refractivity contribution is -0.125. The summed E-state index contributed by atoms with van der Waals surface area (Å²) in [4.78, 5) is 13.6. The molecule has 82 valence electrons. The zero-order valence-corrected chi connectivity index (χ0v) is 9.25. The van der Waals surface area contributed by atoms with E-state index in [1.54, 1.807) is 0 Å². The molecule has 4 nitrogen and oxygen atoms in total. The van der Waals surface area contributed by atoms with Crippen LogP contribution < -0.4 is 5.32 Å². The third-order valence-corrected chi connectivity index (χ3v) is 2.85. The number of amides is 1. The quantitative estimate of drug-likeness (QED) is 0.709. The number of carbonyl (C=O) groups excluding carboxylic acids is 1. The number of likely N-dealkylation sites (tertiary alicyclic amines) is 1. The molecule has 1 fully saturated rings. The van der Waals surface area contributed by atoms with Crippen LogP contribution in [0.4, 0.5) is 0 Å². The Labute approximate surface area is 85.6 Å². The lowest BCUT2D eigenvalue weighted by Gasteiger charge is -2.35. The molecule has 0 saturated carbocycles. The van der Waals surface area contributed by atoms with Gasteiger partial charge in [-0.1, -0.05) is 0 Å². The Morgan fingerprint density at radius 3 is 2.93 bits per heavy atom. The van der Waals surface area contributed by atoms with Crippen LogP contribution in [0.25, 0.3) is 0 Å². The SMILES string of the molecule is COCC(=O)NC1CCN(C)C(C)C1. The van der Waals surface area contributed by atoms with Crippen molar-refractivity contribution in [2.45, 2.75) is 31.8 Å². The minimum Gasteiger partial charge on any atom is -0.375 e. The fourth-order valence-electron chi connectivity index (χ4n) is 1.82. The Balaban J connectivity index is 2.29. The van der Waals surface area contributed by atoms with Crippen LogP contribution in [0.15, 0.2) is 0 Å². The molecule has 1 saturated heterocycles. The molecule has 1 heterocycles. The summed E-state index contributed by atoms with van der Waals surface area (Å²) in [5.74, 6) is -0.00532. The van der Waals surface area contributed by atoms with Crippen LogP contribution in [-0.4, -0.2) is 50.2 Å². The maximum absolute atomic E-state index is 11.2. The Morgan fingerprint density at radius 1 is 1.64 bits per heavy atom. The topological polar surface area (TPSA) is 41.6 Å². The van der Waals surface area contributed by atoms with Gasteiger partial charge in [0.15, 0.2) is 0 Å². The average molecular weight is 200 g/mol. The van der Waals surface area contributed by atoms with Gasteiger partial charge in [-0.3, -0.25) is 4.79 Å². The molecule has 0 bridgehead atoms. The van der Waals surface area contributed by atoms with Crippen molar-refractivity contribution in [2.75, 3.05) is 27.3 Å². The first-order chi connectivity index (χ1) is 6.63. The van der Waals surface area contributed by atoms with Gasteiger partial charge in [0.2, 0.25) is 5.91 Å². The van der Waals surface area contributed by atoms with Crippen LogP contribution >= 0.6 is 0 Å². The van der Waals surface area contributed by atoms with E-state index in [0.717, 1.165) is 19.4 Å². The second-order valence-electron chi connectivity index (χ2n) is 4.05. The molecule has 0 aromatic heterocycles. The lowest BCUT2D eigenvalue weighted by Crippen LogP contribution is -2.48. The molecule has 14 heavy (non-hydrogen) atoms. The lowest BCUT2D eigenvalue weighted by atomic mass is 9.99. The zero-order valence-electron chi connectivity index (χ0n) is 9.25. The number of ether oxygens (including phenoxy) is 1. The average Bonchev–Trinajstić information content (AvgIpc) is 2.12. The molecule has 1 aliphatic rings. The molecule has 1 N–H and O–H groups in total. The van der Waals surface area contributed by atoms with Gasteiger partial charge in [0.05, 0.1) is 0 Å². The highest BCUT2D eigenvalue weighted by atomic mass is 16.5. The van der Waals surface area contributed by atoms with Crippen LogP contribution in [0.1, 0.15) is 19.8 Å². The number of piperidine rings is 1. The highest BCUT2D eigenvalue weighted by molar-refractivity contribution is 5.77. The number of carbonyl (C=O) groups is 1. The van der Waals surface area contributed by atoms with Crippen LogP contribution in [0, 0.1) is 0 Å². The van der Waals surface area contributed by atoms with Crippen molar-refractivity contribution in [1.29, 1.82) is 0 Å². The van der Waals surface area contributed by atoms with Crippen molar-refractivity contribution in [1.82, 2.24) is 10.2 Å². The van der Waals surface area contributed by atoms with Crippen molar-refractivity contribution in [2.24, 2.45) is 0 Å². The highest BCUT2D eigenvalue weighted by Gasteiger charge is 2.23. The van der Waals surface area contributed by atoms with Crippen LogP contribution in [0.5, 0.6) is 0 Å². The van der Waals surface area contributed by atoms with Gasteiger partial charge >= 0.3 is 0 Å². The molecule has 0 aromatic rings. The molecular weight excluding hydrogens is 180 g/mol. The van der Waals surface area contributed by atoms with E-state index >= 15 is 0 Å². The van der Waals surface area contributed by atoms with E-state index in [2.05, 4.69) is 24.2 Å². The predicted molar refractivity (Wildman–Crippen MR) is 55.1 cm³/mol. The number of nitrogens with one attached hydrogen (secondary N) is 1. The number of rotatable bonds is 3. The summed E-state index contributed by atoms with van der Waals surface area (Å²) in [7, 11) is 3.66. The van der Waals surface area contributed by atoms with Crippen molar-refractivity contribution < 1.29 is 9.53 Å². The van der Waals surface area contributed by atoms with E-state index in [1.807, 2.05) is 0 Å². The Morgan fingerprint density at radius 2 is 2.36 bits per heavy atom.